The lowest BCUT2D eigenvalue weighted by Gasteiger charge is -2.37. The first-order valence-electron chi connectivity index (χ1n) is 9.04. The van der Waals surface area contributed by atoms with Crippen molar-refractivity contribution in [2.75, 3.05) is 26.2 Å². The van der Waals surface area contributed by atoms with Gasteiger partial charge >= 0.3 is 0 Å². The molecule has 0 aliphatic carbocycles. The molecule has 1 aromatic rings. The van der Waals surface area contributed by atoms with Crippen LogP contribution in [-0.2, 0) is 4.79 Å². The van der Waals surface area contributed by atoms with Crippen molar-refractivity contribution in [1.82, 2.24) is 15.5 Å². The van der Waals surface area contributed by atoms with Crippen LogP contribution in [0, 0.1) is 5.92 Å². The normalized spacial score (nSPS) is 24.5. The molecule has 0 radical (unpaired) electrons. The van der Waals surface area contributed by atoms with E-state index in [1.165, 1.54) is 18.4 Å². The van der Waals surface area contributed by atoms with E-state index in [9.17, 15) is 4.79 Å². The van der Waals surface area contributed by atoms with Crippen LogP contribution in [0.1, 0.15) is 44.2 Å². The maximum atomic E-state index is 12.3. The van der Waals surface area contributed by atoms with Gasteiger partial charge in [-0.25, -0.2) is 0 Å². The zero-order valence-corrected chi connectivity index (χ0v) is 14.1. The van der Waals surface area contributed by atoms with E-state index in [1.807, 2.05) is 0 Å². The van der Waals surface area contributed by atoms with Gasteiger partial charge in [-0.2, -0.15) is 0 Å². The van der Waals surface area contributed by atoms with Crippen LogP contribution >= 0.6 is 0 Å². The van der Waals surface area contributed by atoms with Crippen molar-refractivity contribution in [3.05, 3.63) is 35.9 Å². The number of rotatable bonds is 5. The summed E-state index contributed by atoms with van der Waals surface area (Å²) in [5, 5.41) is 6.47. The first kappa shape index (κ1) is 16.5. The van der Waals surface area contributed by atoms with E-state index in [4.69, 9.17) is 0 Å². The number of benzene rings is 1. The minimum absolute atomic E-state index is 0.00722. The Bertz CT molecular complexity index is 491. The van der Waals surface area contributed by atoms with E-state index < -0.39 is 0 Å². The summed E-state index contributed by atoms with van der Waals surface area (Å²) in [5.74, 6) is 0.980. The smallest absolute Gasteiger partial charge is 0.237 e. The predicted molar refractivity (Wildman–Crippen MR) is 93.2 cm³/mol. The lowest BCUT2D eigenvalue weighted by Crippen LogP contribution is -2.46. The molecule has 2 unspecified atom stereocenters. The molecule has 2 aliphatic rings. The van der Waals surface area contributed by atoms with Gasteiger partial charge in [-0.05, 0) is 56.8 Å². The molecule has 1 aromatic carbocycles. The van der Waals surface area contributed by atoms with Crippen molar-refractivity contribution in [2.24, 2.45) is 5.92 Å². The van der Waals surface area contributed by atoms with Crippen LogP contribution in [0.5, 0.6) is 0 Å². The Kier molecular flexibility index (Phi) is 5.68. The molecule has 3 rings (SSSR count). The lowest BCUT2D eigenvalue weighted by atomic mass is 9.95. The Hall–Kier alpha value is -1.39. The summed E-state index contributed by atoms with van der Waals surface area (Å²) in [6.45, 7) is 6.25. The molecule has 2 heterocycles. The second-order valence-electron chi connectivity index (χ2n) is 7.04. The number of likely N-dealkylation sites (tertiary alicyclic amines) is 1. The highest BCUT2D eigenvalue weighted by atomic mass is 16.2. The second kappa shape index (κ2) is 7.93. The Morgan fingerprint density at radius 1 is 1.26 bits per heavy atom. The number of nitrogens with one attached hydrogen (secondary N) is 2. The van der Waals surface area contributed by atoms with Crippen LogP contribution < -0.4 is 10.6 Å². The molecule has 0 aromatic heterocycles. The summed E-state index contributed by atoms with van der Waals surface area (Å²) in [7, 11) is 0. The standard InChI is InChI=1S/C19H29N3O/c1-15-9-12-22(13-10-15)18(16-6-3-2-4-7-16)14-21-19(23)17-8-5-11-20-17/h2-4,6-7,15,17-18,20H,5,8-14H2,1H3,(H,21,23). The molecule has 1 amide bonds. The molecule has 126 valence electrons. The van der Waals surface area contributed by atoms with Crippen molar-refractivity contribution in [3.8, 4) is 0 Å². The summed E-state index contributed by atoms with van der Waals surface area (Å²) in [4.78, 5) is 14.9. The average molecular weight is 315 g/mol. The van der Waals surface area contributed by atoms with Gasteiger partial charge in [0, 0.05) is 6.54 Å². The van der Waals surface area contributed by atoms with Gasteiger partial charge in [-0.3, -0.25) is 9.69 Å². The van der Waals surface area contributed by atoms with Crippen LogP contribution in [0.2, 0.25) is 0 Å². The second-order valence-corrected chi connectivity index (χ2v) is 7.04. The third kappa shape index (κ3) is 4.33. The summed E-state index contributed by atoms with van der Waals surface area (Å²) in [5.41, 5.74) is 1.31. The molecule has 2 saturated heterocycles. The topological polar surface area (TPSA) is 44.4 Å². The number of hydrogen-bond acceptors (Lipinski definition) is 3. The van der Waals surface area contributed by atoms with Gasteiger partial charge in [0.2, 0.25) is 5.91 Å². The maximum Gasteiger partial charge on any atom is 0.237 e. The fourth-order valence-corrected chi connectivity index (χ4v) is 3.70. The highest BCUT2D eigenvalue weighted by molar-refractivity contribution is 5.82. The third-order valence-electron chi connectivity index (χ3n) is 5.29. The number of carbonyl (C=O) groups is 1. The van der Waals surface area contributed by atoms with Crippen LogP contribution in [-0.4, -0.2) is 43.0 Å². The van der Waals surface area contributed by atoms with E-state index in [0.29, 0.717) is 6.54 Å². The number of piperidine rings is 1. The van der Waals surface area contributed by atoms with Gasteiger partial charge in [0.25, 0.3) is 0 Å². The zero-order valence-electron chi connectivity index (χ0n) is 14.1. The van der Waals surface area contributed by atoms with Crippen molar-refractivity contribution < 1.29 is 4.79 Å². The Balaban J connectivity index is 1.64. The van der Waals surface area contributed by atoms with Crippen molar-refractivity contribution in [2.45, 2.75) is 44.7 Å². The van der Waals surface area contributed by atoms with Gasteiger partial charge in [-0.15, -0.1) is 0 Å². The van der Waals surface area contributed by atoms with Crippen LogP contribution in [0.25, 0.3) is 0 Å². The van der Waals surface area contributed by atoms with E-state index in [2.05, 4.69) is 52.8 Å². The third-order valence-corrected chi connectivity index (χ3v) is 5.29. The molecule has 0 spiro atoms. The summed E-state index contributed by atoms with van der Waals surface area (Å²) in [6, 6.07) is 10.9. The number of amides is 1. The molecular formula is C19H29N3O. The molecule has 2 atom stereocenters. The highest BCUT2D eigenvalue weighted by Gasteiger charge is 2.27. The minimum atomic E-state index is 0.00722. The van der Waals surface area contributed by atoms with E-state index in [-0.39, 0.29) is 18.0 Å². The van der Waals surface area contributed by atoms with Crippen LogP contribution in [0.15, 0.2) is 30.3 Å². The monoisotopic (exact) mass is 315 g/mol. The fourth-order valence-electron chi connectivity index (χ4n) is 3.70. The van der Waals surface area contributed by atoms with Crippen LogP contribution in [0.4, 0.5) is 0 Å². The SMILES string of the molecule is CC1CCN(C(CNC(=O)C2CCCN2)c2ccccc2)CC1. The molecule has 0 bridgehead atoms. The molecular weight excluding hydrogens is 286 g/mol. The summed E-state index contributed by atoms with van der Waals surface area (Å²) in [6.07, 6.45) is 4.57. The van der Waals surface area contributed by atoms with Gasteiger partial charge in [-0.1, -0.05) is 37.3 Å². The van der Waals surface area contributed by atoms with E-state index >= 15 is 0 Å². The van der Waals surface area contributed by atoms with Crippen molar-refractivity contribution >= 4 is 5.91 Å². The Morgan fingerprint density at radius 3 is 2.65 bits per heavy atom. The van der Waals surface area contributed by atoms with Gasteiger partial charge in [0.1, 0.15) is 0 Å². The quantitative estimate of drug-likeness (QED) is 0.876. The van der Waals surface area contributed by atoms with E-state index in [0.717, 1.165) is 38.4 Å². The average Bonchev–Trinajstić information content (AvgIpc) is 3.12. The van der Waals surface area contributed by atoms with E-state index in [1.54, 1.807) is 0 Å². The Labute approximate surface area is 139 Å². The Morgan fingerprint density at radius 2 is 2.00 bits per heavy atom. The lowest BCUT2D eigenvalue weighted by molar-refractivity contribution is -0.123. The zero-order chi connectivity index (χ0) is 16.1. The first-order chi connectivity index (χ1) is 11.2. The molecule has 0 saturated carbocycles. The van der Waals surface area contributed by atoms with Crippen LogP contribution in [0.3, 0.4) is 0 Å². The maximum absolute atomic E-state index is 12.3. The number of nitrogens with zero attached hydrogens (tertiary/aromatic N) is 1. The molecule has 2 aliphatic heterocycles. The molecule has 4 heteroatoms. The number of hydrogen-bond donors (Lipinski definition) is 2. The molecule has 2 N–H and O–H groups in total. The highest BCUT2D eigenvalue weighted by Crippen LogP contribution is 2.26. The van der Waals surface area contributed by atoms with Gasteiger partial charge < -0.3 is 10.6 Å². The molecule has 2 fully saturated rings. The summed E-state index contributed by atoms with van der Waals surface area (Å²) >= 11 is 0. The molecule has 23 heavy (non-hydrogen) atoms. The van der Waals surface area contributed by atoms with Gasteiger partial charge in [0.15, 0.2) is 0 Å². The predicted octanol–water partition coefficient (Wildman–Crippen LogP) is 2.33. The number of carbonyl (C=O) groups excluding carboxylic acids is 1. The summed E-state index contributed by atoms with van der Waals surface area (Å²) < 4.78 is 0. The molecule has 4 nitrogen and oxygen atoms in total. The first-order valence-corrected chi connectivity index (χ1v) is 9.04. The fraction of sp³-hybridized carbons (Fsp3) is 0.632. The minimum Gasteiger partial charge on any atom is -0.353 e. The van der Waals surface area contributed by atoms with Crippen molar-refractivity contribution in [3.63, 3.8) is 0 Å². The van der Waals surface area contributed by atoms with Crippen molar-refractivity contribution in [1.29, 1.82) is 0 Å². The van der Waals surface area contributed by atoms with Gasteiger partial charge in [0.05, 0.1) is 12.1 Å². The largest absolute Gasteiger partial charge is 0.353 e.